The zero-order chi connectivity index (χ0) is 16.2. The first-order valence-electron chi connectivity index (χ1n) is 8.08. The van der Waals surface area contributed by atoms with Crippen molar-refractivity contribution in [3.63, 3.8) is 0 Å². The Balaban J connectivity index is 1.63. The Labute approximate surface area is 143 Å². The van der Waals surface area contributed by atoms with Gasteiger partial charge in [0.25, 0.3) is 0 Å². The number of hydrogen-bond acceptors (Lipinski definition) is 2. The van der Waals surface area contributed by atoms with Crippen molar-refractivity contribution >= 4 is 28.7 Å². The molecule has 1 aliphatic heterocycles. The summed E-state index contributed by atoms with van der Waals surface area (Å²) in [6.07, 6.45) is 0. The van der Waals surface area contributed by atoms with E-state index in [0.717, 1.165) is 30.4 Å². The number of para-hydroxylation sites is 1. The Morgan fingerprint density at radius 1 is 1.09 bits per heavy atom. The lowest BCUT2D eigenvalue weighted by atomic mass is 10.1. The number of benzene rings is 2. The van der Waals surface area contributed by atoms with Gasteiger partial charge in [-0.25, -0.2) is 0 Å². The molecule has 1 atom stereocenters. The number of hydrogen-bond donors (Lipinski definition) is 1. The maximum atomic E-state index is 5.58. The molecule has 1 saturated heterocycles. The molecule has 4 heteroatoms. The van der Waals surface area contributed by atoms with Crippen molar-refractivity contribution in [3.8, 4) is 0 Å². The van der Waals surface area contributed by atoms with E-state index in [4.69, 9.17) is 12.2 Å². The molecular formula is C19H23N3S. The fourth-order valence-corrected chi connectivity index (χ4v) is 3.34. The van der Waals surface area contributed by atoms with Gasteiger partial charge in [-0.05, 0) is 55.9 Å². The summed E-state index contributed by atoms with van der Waals surface area (Å²) < 4.78 is 0. The topological polar surface area (TPSA) is 18.5 Å². The summed E-state index contributed by atoms with van der Waals surface area (Å²) in [7, 11) is 0. The molecule has 0 radical (unpaired) electrons. The molecule has 1 heterocycles. The smallest absolute Gasteiger partial charge is 0.173 e. The first-order chi connectivity index (χ1) is 11.1. The zero-order valence-electron chi connectivity index (χ0n) is 13.7. The molecule has 0 bridgehead atoms. The van der Waals surface area contributed by atoms with Crippen molar-refractivity contribution in [2.24, 2.45) is 0 Å². The largest absolute Gasteiger partial charge is 0.365 e. The number of nitrogens with one attached hydrogen (secondary N) is 1. The van der Waals surface area contributed by atoms with Gasteiger partial charge < -0.3 is 15.1 Å². The molecule has 120 valence electrons. The van der Waals surface area contributed by atoms with E-state index in [9.17, 15) is 0 Å². The first-order valence-corrected chi connectivity index (χ1v) is 8.48. The summed E-state index contributed by atoms with van der Waals surface area (Å²) in [4.78, 5) is 4.73. The van der Waals surface area contributed by atoms with E-state index in [-0.39, 0.29) is 0 Å². The minimum Gasteiger partial charge on any atom is -0.365 e. The molecule has 2 aromatic rings. The predicted octanol–water partition coefficient (Wildman–Crippen LogP) is 3.90. The van der Waals surface area contributed by atoms with Gasteiger partial charge >= 0.3 is 0 Å². The minimum absolute atomic E-state index is 0.432. The highest BCUT2D eigenvalue weighted by atomic mass is 32.1. The van der Waals surface area contributed by atoms with Crippen LogP contribution in [0.2, 0.25) is 0 Å². The SMILES string of the molecule is Cc1cccc(N2CCN(C(=S)Nc3ccccc3)C[C@H]2C)c1. The highest BCUT2D eigenvalue weighted by Gasteiger charge is 2.25. The molecule has 0 aromatic heterocycles. The van der Waals surface area contributed by atoms with Crippen LogP contribution in [0, 0.1) is 6.92 Å². The lowest BCUT2D eigenvalue weighted by molar-refractivity contribution is 0.342. The Hall–Kier alpha value is -2.07. The highest BCUT2D eigenvalue weighted by molar-refractivity contribution is 7.80. The van der Waals surface area contributed by atoms with Gasteiger partial charge in [0.1, 0.15) is 0 Å². The number of aryl methyl sites for hydroxylation is 1. The van der Waals surface area contributed by atoms with Gasteiger partial charge in [-0.1, -0.05) is 30.3 Å². The van der Waals surface area contributed by atoms with Crippen LogP contribution in [-0.4, -0.2) is 35.7 Å². The van der Waals surface area contributed by atoms with E-state index in [0.29, 0.717) is 6.04 Å². The van der Waals surface area contributed by atoms with Gasteiger partial charge in [-0.3, -0.25) is 0 Å². The Morgan fingerprint density at radius 3 is 2.57 bits per heavy atom. The first kappa shape index (κ1) is 15.8. The fourth-order valence-electron chi connectivity index (χ4n) is 3.06. The van der Waals surface area contributed by atoms with Crippen LogP contribution in [-0.2, 0) is 0 Å². The van der Waals surface area contributed by atoms with Crippen LogP contribution in [0.25, 0.3) is 0 Å². The number of rotatable bonds is 2. The van der Waals surface area contributed by atoms with E-state index in [2.05, 4.69) is 53.2 Å². The van der Waals surface area contributed by atoms with Crippen molar-refractivity contribution in [2.45, 2.75) is 19.9 Å². The van der Waals surface area contributed by atoms with Gasteiger partial charge in [0.05, 0.1) is 0 Å². The van der Waals surface area contributed by atoms with Crippen LogP contribution in [0.1, 0.15) is 12.5 Å². The molecule has 1 N–H and O–H groups in total. The van der Waals surface area contributed by atoms with Crippen molar-refractivity contribution in [1.82, 2.24) is 4.90 Å². The summed E-state index contributed by atoms with van der Waals surface area (Å²) in [5.74, 6) is 0. The van der Waals surface area contributed by atoms with Gasteiger partial charge in [-0.2, -0.15) is 0 Å². The average Bonchev–Trinajstić information content (AvgIpc) is 2.55. The second-order valence-electron chi connectivity index (χ2n) is 6.12. The molecule has 0 spiro atoms. The second kappa shape index (κ2) is 7.01. The molecule has 0 amide bonds. The number of piperazine rings is 1. The fraction of sp³-hybridized carbons (Fsp3) is 0.316. The number of thiocarbonyl (C=S) groups is 1. The number of nitrogens with zero attached hydrogens (tertiary/aromatic N) is 2. The van der Waals surface area contributed by atoms with Gasteiger partial charge in [0.15, 0.2) is 5.11 Å². The highest BCUT2D eigenvalue weighted by Crippen LogP contribution is 2.22. The molecule has 2 aromatic carbocycles. The normalized spacial score (nSPS) is 17.9. The van der Waals surface area contributed by atoms with Crippen LogP contribution in [0.4, 0.5) is 11.4 Å². The van der Waals surface area contributed by atoms with Crippen molar-refractivity contribution < 1.29 is 0 Å². The maximum Gasteiger partial charge on any atom is 0.173 e. The molecule has 23 heavy (non-hydrogen) atoms. The van der Waals surface area contributed by atoms with Crippen LogP contribution in [0.3, 0.4) is 0 Å². The summed E-state index contributed by atoms with van der Waals surface area (Å²) in [6.45, 7) is 7.27. The molecule has 0 saturated carbocycles. The van der Waals surface area contributed by atoms with Crippen LogP contribution in [0.15, 0.2) is 54.6 Å². The van der Waals surface area contributed by atoms with Crippen LogP contribution < -0.4 is 10.2 Å². The van der Waals surface area contributed by atoms with Gasteiger partial charge in [-0.15, -0.1) is 0 Å². The quantitative estimate of drug-likeness (QED) is 0.844. The molecule has 0 unspecified atom stereocenters. The van der Waals surface area contributed by atoms with E-state index in [1.807, 2.05) is 30.3 Å². The van der Waals surface area contributed by atoms with Crippen LogP contribution >= 0.6 is 12.2 Å². The van der Waals surface area contributed by atoms with E-state index >= 15 is 0 Å². The zero-order valence-corrected chi connectivity index (χ0v) is 14.5. The lowest BCUT2D eigenvalue weighted by Crippen LogP contribution is -2.54. The monoisotopic (exact) mass is 325 g/mol. The third-order valence-electron chi connectivity index (χ3n) is 4.27. The van der Waals surface area contributed by atoms with Gasteiger partial charge in [0, 0.05) is 37.1 Å². The standard InChI is InChI=1S/C19H23N3S/c1-15-7-6-10-18(13-15)22-12-11-21(14-16(22)2)19(23)20-17-8-4-3-5-9-17/h3-10,13,16H,11-12,14H2,1-2H3,(H,20,23)/t16-/m1/s1. The Morgan fingerprint density at radius 2 is 1.87 bits per heavy atom. The summed E-state index contributed by atoms with van der Waals surface area (Å²) in [5.41, 5.74) is 3.66. The lowest BCUT2D eigenvalue weighted by Gasteiger charge is -2.42. The van der Waals surface area contributed by atoms with Crippen molar-refractivity contribution in [1.29, 1.82) is 0 Å². The molecule has 3 rings (SSSR count). The summed E-state index contributed by atoms with van der Waals surface area (Å²) in [5, 5.41) is 4.15. The Kier molecular flexibility index (Phi) is 4.82. The summed E-state index contributed by atoms with van der Waals surface area (Å²) in [6, 6.07) is 19.3. The number of anilines is 2. The molecule has 3 nitrogen and oxygen atoms in total. The van der Waals surface area contributed by atoms with E-state index in [1.54, 1.807) is 0 Å². The van der Waals surface area contributed by atoms with E-state index in [1.165, 1.54) is 11.3 Å². The van der Waals surface area contributed by atoms with Crippen molar-refractivity contribution in [2.75, 3.05) is 29.9 Å². The second-order valence-corrected chi connectivity index (χ2v) is 6.51. The van der Waals surface area contributed by atoms with Crippen LogP contribution in [0.5, 0.6) is 0 Å². The molecule has 1 fully saturated rings. The molecule has 0 aliphatic carbocycles. The van der Waals surface area contributed by atoms with E-state index < -0.39 is 0 Å². The van der Waals surface area contributed by atoms with Crippen molar-refractivity contribution in [3.05, 3.63) is 60.2 Å². The third kappa shape index (κ3) is 3.82. The molecular weight excluding hydrogens is 302 g/mol. The third-order valence-corrected chi connectivity index (χ3v) is 4.63. The van der Waals surface area contributed by atoms with Gasteiger partial charge in [0.2, 0.25) is 0 Å². The summed E-state index contributed by atoms with van der Waals surface area (Å²) >= 11 is 5.58. The minimum atomic E-state index is 0.432. The predicted molar refractivity (Wildman–Crippen MR) is 102 cm³/mol. The molecule has 1 aliphatic rings. The average molecular weight is 325 g/mol. The Bertz CT molecular complexity index is 671. The maximum absolute atomic E-state index is 5.58.